The molecule has 0 bridgehead atoms. The summed E-state index contributed by atoms with van der Waals surface area (Å²) in [7, 11) is 0. The largest absolute Gasteiger partial charge is 0.315 e. The number of hydrogen-bond acceptors (Lipinski definition) is 2. The summed E-state index contributed by atoms with van der Waals surface area (Å²) in [5, 5.41) is 3.22. The van der Waals surface area contributed by atoms with E-state index in [9.17, 15) is 0 Å². The summed E-state index contributed by atoms with van der Waals surface area (Å²) in [6.45, 7) is 9.29. The molecule has 1 N–H and O–H groups in total. The lowest BCUT2D eigenvalue weighted by Gasteiger charge is -1.97. The van der Waals surface area contributed by atoms with Gasteiger partial charge in [-0.2, -0.15) is 0 Å². The van der Waals surface area contributed by atoms with Gasteiger partial charge in [0.25, 0.3) is 0 Å². The number of nitrogens with zero attached hydrogens (tertiary/aromatic N) is 1. The van der Waals surface area contributed by atoms with Crippen molar-refractivity contribution < 1.29 is 0 Å². The molecule has 0 rings (SSSR count). The maximum Gasteiger partial charge on any atom is 0.0513 e. The standard InChI is InChI=1S/C8H18N2/c1-4-8(3)10-7-6-9-5-2/h9H,4-7H2,1-3H3. The monoisotopic (exact) mass is 142 g/mol. The Morgan fingerprint density at radius 3 is 2.60 bits per heavy atom. The lowest BCUT2D eigenvalue weighted by atomic mass is 10.3. The summed E-state index contributed by atoms with van der Waals surface area (Å²) in [6, 6.07) is 0. The van der Waals surface area contributed by atoms with E-state index in [1.807, 2.05) is 0 Å². The topological polar surface area (TPSA) is 24.4 Å². The van der Waals surface area contributed by atoms with Crippen LogP contribution >= 0.6 is 0 Å². The Kier molecular flexibility index (Phi) is 6.50. The van der Waals surface area contributed by atoms with Crippen LogP contribution in [0.4, 0.5) is 0 Å². The molecule has 0 unspecified atom stereocenters. The fraction of sp³-hybridized carbons (Fsp3) is 0.875. The normalized spacial score (nSPS) is 12.1. The van der Waals surface area contributed by atoms with E-state index in [2.05, 4.69) is 31.1 Å². The highest BCUT2D eigenvalue weighted by molar-refractivity contribution is 5.81. The minimum absolute atomic E-state index is 0.924. The highest BCUT2D eigenvalue weighted by atomic mass is 14.9. The van der Waals surface area contributed by atoms with Gasteiger partial charge in [0.05, 0.1) is 6.54 Å². The first-order valence-electron chi connectivity index (χ1n) is 4.01. The Balaban J connectivity index is 3.16. The van der Waals surface area contributed by atoms with Crippen LogP contribution in [0, 0.1) is 0 Å². The summed E-state index contributed by atoms with van der Waals surface area (Å²) in [6.07, 6.45) is 1.08. The van der Waals surface area contributed by atoms with Crippen molar-refractivity contribution in [2.24, 2.45) is 4.99 Å². The zero-order chi connectivity index (χ0) is 7.82. The molecule has 0 aliphatic heterocycles. The van der Waals surface area contributed by atoms with Crippen LogP contribution in [0.25, 0.3) is 0 Å². The van der Waals surface area contributed by atoms with Crippen molar-refractivity contribution in [3.8, 4) is 0 Å². The van der Waals surface area contributed by atoms with E-state index >= 15 is 0 Å². The highest BCUT2D eigenvalue weighted by Crippen LogP contribution is 1.82. The van der Waals surface area contributed by atoms with Crippen LogP contribution in [0.15, 0.2) is 4.99 Å². The molecule has 0 fully saturated rings. The van der Waals surface area contributed by atoms with Crippen LogP contribution in [-0.2, 0) is 0 Å². The SMILES string of the molecule is CCNCCN=C(C)CC. The third-order valence-electron chi connectivity index (χ3n) is 1.43. The predicted molar refractivity (Wildman–Crippen MR) is 46.8 cm³/mol. The second kappa shape index (κ2) is 6.75. The van der Waals surface area contributed by atoms with Gasteiger partial charge in [-0.05, 0) is 19.9 Å². The first-order valence-corrected chi connectivity index (χ1v) is 4.01. The average Bonchev–Trinajstić information content (AvgIpc) is 1.98. The van der Waals surface area contributed by atoms with E-state index in [0.29, 0.717) is 0 Å². The smallest absolute Gasteiger partial charge is 0.0513 e. The fourth-order valence-corrected chi connectivity index (χ4v) is 0.614. The van der Waals surface area contributed by atoms with E-state index < -0.39 is 0 Å². The number of likely N-dealkylation sites (N-methyl/N-ethyl adjacent to an activating group) is 1. The third kappa shape index (κ3) is 5.76. The van der Waals surface area contributed by atoms with Crippen molar-refractivity contribution in [1.29, 1.82) is 0 Å². The van der Waals surface area contributed by atoms with Crippen molar-refractivity contribution in [2.75, 3.05) is 19.6 Å². The molecule has 0 aliphatic carbocycles. The predicted octanol–water partition coefficient (Wildman–Crippen LogP) is 1.47. The molecule has 0 aliphatic rings. The molecule has 0 heterocycles. The molecule has 0 saturated heterocycles. The average molecular weight is 142 g/mol. The summed E-state index contributed by atoms with van der Waals surface area (Å²) >= 11 is 0. The summed E-state index contributed by atoms with van der Waals surface area (Å²) in [5.74, 6) is 0. The third-order valence-corrected chi connectivity index (χ3v) is 1.43. The Hall–Kier alpha value is -0.370. The second-order valence-electron chi connectivity index (χ2n) is 2.32. The van der Waals surface area contributed by atoms with Gasteiger partial charge >= 0.3 is 0 Å². The van der Waals surface area contributed by atoms with E-state index in [4.69, 9.17) is 0 Å². The van der Waals surface area contributed by atoms with Gasteiger partial charge in [0, 0.05) is 12.3 Å². The van der Waals surface area contributed by atoms with Crippen molar-refractivity contribution in [1.82, 2.24) is 5.32 Å². The summed E-state index contributed by atoms with van der Waals surface area (Å²) in [5.41, 5.74) is 1.25. The quantitative estimate of drug-likeness (QED) is 0.456. The highest BCUT2D eigenvalue weighted by Gasteiger charge is 1.83. The molecule has 2 nitrogen and oxygen atoms in total. The lowest BCUT2D eigenvalue weighted by molar-refractivity contribution is 0.725. The van der Waals surface area contributed by atoms with Crippen molar-refractivity contribution in [3.05, 3.63) is 0 Å². The van der Waals surface area contributed by atoms with Gasteiger partial charge < -0.3 is 5.32 Å². The molecule has 0 radical (unpaired) electrons. The van der Waals surface area contributed by atoms with Crippen LogP contribution in [0.5, 0.6) is 0 Å². The molecule has 0 spiro atoms. The zero-order valence-electron chi connectivity index (χ0n) is 7.28. The molecule has 60 valence electrons. The summed E-state index contributed by atoms with van der Waals surface area (Å²) < 4.78 is 0. The Bertz CT molecular complexity index is 97.4. The molecule has 10 heavy (non-hydrogen) atoms. The van der Waals surface area contributed by atoms with E-state index in [1.165, 1.54) is 5.71 Å². The molecule has 0 amide bonds. The first kappa shape index (κ1) is 9.63. The van der Waals surface area contributed by atoms with E-state index in [0.717, 1.165) is 26.1 Å². The Labute approximate surface area is 63.7 Å². The van der Waals surface area contributed by atoms with Crippen LogP contribution in [0.1, 0.15) is 27.2 Å². The van der Waals surface area contributed by atoms with Gasteiger partial charge in [-0.25, -0.2) is 0 Å². The van der Waals surface area contributed by atoms with Gasteiger partial charge in [-0.1, -0.05) is 13.8 Å². The van der Waals surface area contributed by atoms with Gasteiger partial charge in [0.15, 0.2) is 0 Å². The van der Waals surface area contributed by atoms with Crippen LogP contribution < -0.4 is 5.32 Å². The minimum Gasteiger partial charge on any atom is -0.315 e. The number of hydrogen-bond donors (Lipinski definition) is 1. The van der Waals surface area contributed by atoms with Crippen molar-refractivity contribution in [2.45, 2.75) is 27.2 Å². The first-order chi connectivity index (χ1) is 4.81. The Morgan fingerprint density at radius 2 is 2.10 bits per heavy atom. The van der Waals surface area contributed by atoms with Gasteiger partial charge in [-0.3, -0.25) is 4.99 Å². The van der Waals surface area contributed by atoms with Crippen LogP contribution in [0.2, 0.25) is 0 Å². The van der Waals surface area contributed by atoms with Gasteiger partial charge in [0.1, 0.15) is 0 Å². The molecule has 0 aromatic carbocycles. The fourth-order valence-electron chi connectivity index (χ4n) is 0.614. The van der Waals surface area contributed by atoms with Gasteiger partial charge in [-0.15, -0.1) is 0 Å². The zero-order valence-corrected chi connectivity index (χ0v) is 7.28. The lowest BCUT2D eigenvalue weighted by Crippen LogP contribution is -2.16. The maximum atomic E-state index is 4.33. The van der Waals surface area contributed by atoms with E-state index in [1.54, 1.807) is 0 Å². The molecule has 0 aromatic rings. The molecule has 0 atom stereocenters. The van der Waals surface area contributed by atoms with Gasteiger partial charge in [0.2, 0.25) is 0 Å². The van der Waals surface area contributed by atoms with Crippen molar-refractivity contribution in [3.63, 3.8) is 0 Å². The minimum atomic E-state index is 0.924. The van der Waals surface area contributed by atoms with Crippen LogP contribution in [-0.4, -0.2) is 25.3 Å². The maximum absolute atomic E-state index is 4.33. The molecule has 0 aromatic heterocycles. The Morgan fingerprint density at radius 1 is 1.40 bits per heavy atom. The van der Waals surface area contributed by atoms with E-state index in [-0.39, 0.29) is 0 Å². The molecular weight excluding hydrogens is 124 g/mol. The molecular formula is C8H18N2. The molecule has 2 heteroatoms. The number of rotatable bonds is 5. The summed E-state index contributed by atoms with van der Waals surface area (Å²) in [4.78, 5) is 4.33. The van der Waals surface area contributed by atoms with Crippen molar-refractivity contribution >= 4 is 5.71 Å². The molecule has 0 saturated carbocycles. The second-order valence-corrected chi connectivity index (χ2v) is 2.32. The number of nitrogens with one attached hydrogen (secondary N) is 1. The van der Waals surface area contributed by atoms with Crippen LogP contribution in [0.3, 0.4) is 0 Å². The number of aliphatic imine (C=N–C) groups is 1.